The van der Waals surface area contributed by atoms with E-state index < -0.39 is 10.0 Å². The van der Waals surface area contributed by atoms with Gasteiger partial charge in [0.2, 0.25) is 0 Å². The molecule has 0 unspecified atom stereocenters. The van der Waals surface area contributed by atoms with E-state index >= 15 is 0 Å². The molecule has 1 heterocycles. The summed E-state index contributed by atoms with van der Waals surface area (Å²) in [7, 11) is -3.81. The van der Waals surface area contributed by atoms with Crippen molar-refractivity contribution in [2.24, 2.45) is 0 Å². The third-order valence-corrected chi connectivity index (χ3v) is 7.12. The Morgan fingerprint density at radius 1 is 1.00 bits per heavy atom. The number of amides is 1. The Morgan fingerprint density at radius 2 is 1.77 bits per heavy atom. The molecule has 30 heavy (non-hydrogen) atoms. The Labute approximate surface area is 179 Å². The molecule has 3 aromatic rings. The van der Waals surface area contributed by atoms with Crippen molar-refractivity contribution in [2.45, 2.75) is 28.5 Å². The molecule has 0 aromatic heterocycles. The molecule has 0 radical (unpaired) electrons. The number of anilines is 2. The number of ether oxygens (including phenoxy) is 1. The molecule has 0 saturated heterocycles. The number of carbonyl (C=O) groups excluding carboxylic acids is 1. The Hall–Kier alpha value is -2.97. The maximum atomic E-state index is 12.8. The van der Waals surface area contributed by atoms with Gasteiger partial charge < -0.3 is 10.1 Å². The lowest BCUT2D eigenvalue weighted by molar-refractivity contribution is -0.118. The molecule has 0 saturated carbocycles. The minimum absolute atomic E-state index is 0.0424. The van der Waals surface area contributed by atoms with Gasteiger partial charge in [-0.25, -0.2) is 8.42 Å². The number of rotatable bonds is 5. The highest BCUT2D eigenvalue weighted by Gasteiger charge is 2.21. The predicted molar refractivity (Wildman–Crippen MR) is 118 cm³/mol. The highest BCUT2D eigenvalue weighted by molar-refractivity contribution is 7.99. The summed E-state index contributed by atoms with van der Waals surface area (Å²) in [4.78, 5) is 13.7. The summed E-state index contributed by atoms with van der Waals surface area (Å²) in [6.07, 6.45) is 0. The monoisotopic (exact) mass is 440 g/mol. The van der Waals surface area contributed by atoms with E-state index in [0.29, 0.717) is 17.1 Å². The van der Waals surface area contributed by atoms with Gasteiger partial charge in [0.25, 0.3) is 15.9 Å². The second-order valence-electron chi connectivity index (χ2n) is 7.00. The van der Waals surface area contributed by atoms with Crippen molar-refractivity contribution < 1.29 is 17.9 Å². The zero-order valence-electron chi connectivity index (χ0n) is 16.4. The van der Waals surface area contributed by atoms with Crippen molar-refractivity contribution in [3.63, 3.8) is 0 Å². The van der Waals surface area contributed by atoms with Crippen LogP contribution in [0.25, 0.3) is 0 Å². The first-order valence-electron chi connectivity index (χ1n) is 9.25. The van der Waals surface area contributed by atoms with E-state index in [4.69, 9.17) is 4.74 Å². The van der Waals surface area contributed by atoms with Crippen LogP contribution in [-0.2, 0) is 14.8 Å². The molecule has 1 aliphatic rings. The van der Waals surface area contributed by atoms with Crippen LogP contribution in [0.1, 0.15) is 11.1 Å². The van der Waals surface area contributed by atoms with E-state index in [2.05, 4.69) is 42.1 Å². The number of carbonyl (C=O) groups is 1. The Balaban J connectivity index is 1.50. The summed E-state index contributed by atoms with van der Waals surface area (Å²) in [5.41, 5.74) is 3.22. The normalized spacial score (nSPS) is 13.2. The molecule has 154 valence electrons. The van der Waals surface area contributed by atoms with Crippen LogP contribution in [0, 0.1) is 13.8 Å². The third kappa shape index (κ3) is 4.44. The summed E-state index contributed by atoms with van der Waals surface area (Å²) >= 11 is 1.63. The Morgan fingerprint density at radius 3 is 2.50 bits per heavy atom. The molecular formula is C22H20N2O4S2. The Bertz CT molecular complexity index is 1220. The lowest BCUT2D eigenvalue weighted by Gasteiger charge is -2.18. The summed E-state index contributed by atoms with van der Waals surface area (Å²) < 4.78 is 33.3. The largest absolute Gasteiger partial charge is 0.482 e. The average Bonchev–Trinajstić information content (AvgIpc) is 2.70. The number of aryl methyl sites for hydroxylation is 2. The molecule has 0 bridgehead atoms. The molecule has 8 heteroatoms. The van der Waals surface area contributed by atoms with E-state index in [-0.39, 0.29) is 17.4 Å². The van der Waals surface area contributed by atoms with Crippen LogP contribution in [0.5, 0.6) is 5.75 Å². The van der Waals surface area contributed by atoms with Gasteiger partial charge in [0.05, 0.1) is 10.6 Å². The van der Waals surface area contributed by atoms with Crippen molar-refractivity contribution in [1.82, 2.24) is 0 Å². The topological polar surface area (TPSA) is 84.5 Å². The van der Waals surface area contributed by atoms with Crippen LogP contribution in [0.15, 0.2) is 75.4 Å². The second-order valence-corrected chi connectivity index (χ2v) is 9.79. The smallest absolute Gasteiger partial charge is 0.262 e. The van der Waals surface area contributed by atoms with Gasteiger partial charge in [-0.3, -0.25) is 9.52 Å². The fourth-order valence-corrected chi connectivity index (χ4v) is 5.04. The van der Waals surface area contributed by atoms with Crippen molar-refractivity contribution >= 4 is 39.1 Å². The van der Waals surface area contributed by atoms with Crippen LogP contribution >= 0.6 is 11.8 Å². The minimum atomic E-state index is -3.81. The standard InChI is InChI=1S/C22H20N2O4S2/c1-14-3-10-21(15(2)11-14)29-17-6-4-16(5-7-17)24-30(26,27)18-8-9-20-19(12-18)23-22(25)13-28-20/h3-12,24H,13H2,1-2H3,(H,23,25). The zero-order chi connectivity index (χ0) is 21.3. The SMILES string of the molecule is Cc1ccc(Sc2ccc(NS(=O)(=O)c3ccc4c(c3)NC(=O)CO4)cc2)c(C)c1. The van der Waals surface area contributed by atoms with Crippen molar-refractivity contribution in [1.29, 1.82) is 0 Å². The second kappa shape index (κ2) is 8.04. The molecule has 0 spiro atoms. The average molecular weight is 441 g/mol. The minimum Gasteiger partial charge on any atom is -0.482 e. The number of nitrogens with one attached hydrogen (secondary N) is 2. The molecule has 6 nitrogen and oxygen atoms in total. The van der Waals surface area contributed by atoms with Gasteiger partial charge in [0.15, 0.2) is 6.61 Å². The summed E-state index contributed by atoms with van der Waals surface area (Å²) in [6, 6.07) is 17.9. The zero-order valence-corrected chi connectivity index (χ0v) is 18.1. The van der Waals surface area contributed by atoms with E-state index in [1.165, 1.54) is 29.3 Å². The lowest BCUT2D eigenvalue weighted by Crippen LogP contribution is -2.25. The van der Waals surface area contributed by atoms with Gasteiger partial charge in [0, 0.05) is 15.5 Å². The van der Waals surface area contributed by atoms with E-state index in [0.717, 1.165) is 9.79 Å². The van der Waals surface area contributed by atoms with Crippen molar-refractivity contribution in [3.05, 3.63) is 71.8 Å². The van der Waals surface area contributed by atoms with Gasteiger partial charge in [0.1, 0.15) is 5.75 Å². The highest BCUT2D eigenvalue weighted by Crippen LogP contribution is 2.33. The van der Waals surface area contributed by atoms with Crippen LogP contribution in [0.2, 0.25) is 0 Å². The highest BCUT2D eigenvalue weighted by atomic mass is 32.2. The molecule has 3 aromatic carbocycles. The lowest BCUT2D eigenvalue weighted by atomic mass is 10.2. The first kappa shape index (κ1) is 20.3. The molecule has 2 N–H and O–H groups in total. The summed E-state index contributed by atoms with van der Waals surface area (Å²) in [5, 5.41) is 2.62. The fourth-order valence-electron chi connectivity index (χ4n) is 3.08. The third-order valence-electron chi connectivity index (χ3n) is 4.56. The molecule has 0 fully saturated rings. The molecule has 0 atom stereocenters. The molecule has 0 aliphatic carbocycles. The molecule has 1 amide bonds. The van der Waals surface area contributed by atoms with Crippen LogP contribution in [0.4, 0.5) is 11.4 Å². The number of sulfonamides is 1. The quantitative estimate of drug-likeness (QED) is 0.606. The van der Waals surface area contributed by atoms with Gasteiger partial charge in [-0.15, -0.1) is 0 Å². The number of fused-ring (bicyclic) bond motifs is 1. The summed E-state index contributed by atoms with van der Waals surface area (Å²) in [5.74, 6) is 0.128. The van der Waals surface area contributed by atoms with Crippen molar-refractivity contribution in [2.75, 3.05) is 16.6 Å². The van der Waals surface area contributed by atoms with Gasteiger partial charge >= 0.3 is 0 Å². The maximum Gasteiger partial charge on any atom is 0.262 e. The summed E-state index contributed by atoms with van der Waals surface area (Å²) in [6.45, 7) is 4.06. The van der Waals surface area contributed by atoms with Gasteiger partial charge in [-0.2, -0.15) is 0 Å². The maximum absolute atomic E-state index is 12.8. The molecular weight excluding hydrogens is 420 g/mol. The van der Waals surface area contributed by atoms with Gasteiger partial charge in [-0.1, -0.05) is 29.5 Å². The van der Waals surface area contributed by atoms with E-state index in [1.807, 2.05) is 12.1 Å². The van der Waals surface area contributed by atoms with E-state index in [1.54, 1.807) is 23.9 Å². The predicted octanol–water partition coefficient (Wildman–Crippen LogP) is 4.59. The number of hydrogen-bond acceptors (Lipinski definition) is 5. The van der Waals surface area contributed by atoms with Crippen LogP contribution < -0.4 is 14.8 Å². The van der Waals surface area contributed by atoms with Gasteiger partial charge in [-0.05, 0) is 67.9 Å². The number of benzene rings is 3. The Kier molecular flexibility index (Phi) is 5.44. The first-order valence-corrected chi connectivity index (χ1v) is 11.5. The molecule has 1 aliphatic heterocycles. The van der Waals surface area contributed by atoms with Crippen LogP contribution in [0.3, 0.4) is 0 Å². The number of hydrogen-bond donors (Lipinski definition) is 2. The van der Waals surface area contributed by atoms with Crippen molar-refractivity contribution in [3.8, 4) is 5.75 Å². The van der Waals surface area contributed by atoms with Crippen LogP contribution in [-0.4, -0.2) is 20.9 Å². The first-order chi connectivity index (χ1) is 14.3. The van der Waals surface area contributed by atoms with E-state index in [9.17, 15) is 13.2 Å². The fraction of sp³-hybridized carbons (Fsp3) is 0.136. The molecule has 4 rings (SSSR count).